The van der Waals surface area contributed by atoms with Crippen molar-refractivity contribution in [3.63, 3.8) is 0 Å². The van der Waals surface area contributed by atoms with Crippen LogP contribution in [0.4, 0.5) is 17.6 Å². The molecule has 1 amide bonds. The molecule has 1 atom stereocenters. The van der Waals surface area contributed by atoms with Gasteiger partial charge in [-0.05, 0) is 37.1 Å². The van der Waals surface area contributed by atoms with Gasteiger partial charge in [0.25, 0.3) is 0 Å². The van der Waals surface area contributed by atoms with Crippen LogP contribution in [0.5, 0.6) is 0 Å². The van der Waals surface area contributed by atoms with Crippen molar-refractivity contribution >= 4 is 24.3 Å². The first-order chi connectivity index (χ1) is 11.2. The Balaban J connectivity index is 0.00000312. The third-order valence-electron chi connectivity index (χ3n) is 3.85. The fourth-order valence-corrected chi connectivity index (χ4v) is 2.70. The highest BCUT2D eigenvalue weighted by Gasteiger charge is 2.34. The normalized spacial score (nSPS) is 17.8. The SMILES string of the molecule is Cl.O=C(CN1CCC[C@@H]1C(=O)O)NCc1ccc(F)cc1C(F)(F)F. The van der Waals surface area contributed by atoms with E-state index in [9.17, 15) is 27.2 Å². The lowest BCUT2D eigenvalue weighted by molar-refractivity contribution is -0.143. The molecule has 0 aromatic heterocycles. The maximum absolute atomic E-state index is 13.0. The standard InChI is InChI=1S/C15H16F4N2O3.ClH/c16-10-4-3-9(11(6-10)15(17,18)19)7-20-13(22)8-21-5-1-2-12(21)14(23)24;/h3-4,6,12H,1-2,5,7-8H2,(H,20,22)(H,23,24);1H/t12-;/m1./s1. The van der Waals surface area contributed by atoms with Gasteiger partial charge in [-0.15, -0.1) is 12.4 Å². The molecule has 10 heteroatoms. The van der Waals surface area contributed by atoms with Gasteiger partial charge in [0.15, 0.2) is 0 Å². The molecule has 0 bridgehead atoms. The minimum atomic E-state index is -4.73. The summed E-state index contributed by atoms with van der Waals surface area (Å²) in [6.45, 7) is -0.187. The lowest BCUT2D eigenvalue weighted by Gasteiger charge is -2.20. The Bertz CT molecular complexity index is 640. The Morgan fingerprint density at radius 1 is 1.32 bits per heavy atom. The van der Waals surface area contributed by atoms with Crippen LogP contribution in [0.2, 0.25) is 0 Å². The first-order valence-electron chi connectivity index (χ1n) is 7.27. The molecule has 1 aromatic rings. The second-order valence-corrected chi connectivity index (χ2v) is 5.54. The summed E-state index contributed by atoms with van der Waals surface area (Å²) in [5, 5.41) is 11.3. The minimum Gasteiger partial charge on any atom is -0.480 e. The summed E-state index contributed by atoms with van der Waals surface area (Å²) in [5.41, 5.74) is -1.40. The van der Waals surface area contributed by atoms with Crippen molar-refractivity contribution in [2.24, 2.45) is 0 Å². The molecule has 0 unspecified atom stereocenters. The van der Waals surface area contributed by atoms with E-state index in [4.69, 9.17) is 5.11 Å². The minimum absolute atomic E-state index is 0. The molecule has 2 rings (SSSR count). The van der Waals surface area contributed by atoms with Gasteiger partial charge in [-0.25, -0.2) is 4.39 Å². The van der Waals surface area contributed by atoms with Crippen molar-refractivity contribution in [2.45, 2.75) is 31.6 Å². The van der Waals surface area contributed by atoms with Crippen LogP contribution in [-0.2, 0) is 22.3 Å². The molecule has 0 radical (unpaired) electrons. The number of nitrogens with zero attached hydrogens (tertiary/aromatic N) is 1. The summed E-state index contributed by atoms with van der Waals surface area (Å²) in [6.07, 6.45) is -3.66. The van der Waals surface area contributed by atoms with Gasteiger partial charge >= 0.3 is 12.1 Å². The van der Waals surface area contributed by atoms with Gasteiger partial charge < -0.3 is 10.4 Å². The lowest BCUT2D eigenvalue weighted by atomic mass is 10.1. The molecule has 5 nitrogen and oxygen atoms in total. The largest absolute Gasteiger partial charge is 0.480 e. The maximum Gasteiger partial charge on any atom is 0.416 e. The van der Waals surface area contributed by atoms with Crippen LogP contribution in [0, 0.1) is 5.82 Å². The molecule has 1 aromatic carbocycles. The van der Waals surface area contributed by atoms with E-state index >= 15 is 0 Å². The lowest BCUT2D eigenvalue weighted by Crippen LogP contribution is -2.42. The van der Waals surface area contributed by atoms with E-state index in [1.807, 2.05) is 0 Å². The number of rotatable bonds is 5. The van der Waals surface area contributed by atoms with Crippen molar-refractivity contribution in [3.05, 3.63) is 35.1 Å². The van der Waals surface area contributed by atoms with E-state index in [1.165, 1.54) is 4.90 Å². The van der Waals surface area contributed by atoms with Gasteiger partial charge in [0.05, 0.1) is 12.1 Å². The molecule has 1 aliphatic heterocycles. The molecular formula is C15H17ClF4N2O3. The second-order valence-electron chi connectivity index (χ2n) is 5.54. The zero-order valence-corrected chi connectivity index (χ0v) is 13.8. The zero-order chi connectivity index (χ0) is 17.9. The van der Waals surface area contributed by atoms with Gasteiger partial charge in [-0.3, -0.25) is 14.5 Å². The third-order valence-corrected chi connectivity index (χ3v) is 3.85. The maximum atomic E-state index is 13.0. The molecule has 1 fully saturated rings. The van der Waals surface area contributed by atoms with Gasteiger partial charge in [0, 0.05) is 6.54 Å². The van der Waals surface area contributed by atoms with E-state index in [2.05, 4.69) is 5.32 Å². The molecule has 1 saturated heterocycles. The second kappa shape index (κ2) is 8.48. The van der Waals surface area contributed by atoms with Gasteiger partial charge in [0.1, 0.15) is 11.9 Å². The summed E-state index contributed by atoms with van der Waals surface area (Å²) < 4.78 is 51.6. The number of carboxylic acid groups (broad SMARTS) is 1. The first kappa shape index (κ1) is 21.2. The molecule has 140 valence electrons. The van der Waals surface area contributed by atoms with Crippen molar-refractivity contribution in [1.29, 1.82) is 0 Å². The smallest absolute Gasteiger partial charge is 0.416 e. The summed E-state index contributed by atoms with van der Waals surface area (Å²) in [4.78, 5) is 24.4. The van der Waals surface area contributed by atoms with E-state index in [0.29, 0.717) is 25.5 Å². The predicted octanol–water partition coefficient (Wildman–Crippen LogP) is 2.43. The number of benzene rings is 1. The van der Waals surface area contributed by atoms with E-state index < -0.39 is 42.0 Å². The molecule has 25 heavy (non-hydrogen) atoms. The van der Waals surface area contributed by atoms with Crippen molar-refractivity contribution < 1.29 is 32.3 Å². The molecule has 1 heterocycles. The van der Waals surface area contributed by atoms with E-state index in [-0.39, 0.29) is 24.5 Å². The zero-order valence-electron chi connectivity index (χ0n) is 13.0. The van der Waals surface area contributed by atoms with Crippen LogP contribution in [0.3, 0.4) is 0 Å². The average Bonchev–Trinajstić information content (AvgIpc) is 2.93. The number of carbonyl (C=O) groups is 2. The quantitative estimate of drug-likeness (QED) is 0.765. The van der Waals surface area contributed by atoms with E-state index in [1.54, 1.807) is 0 Å². The number of alkyl halides is 3. The first-order valence-corrected chi connectivity index (χ1v) is 7.27. The van der Waals surface area contributed by atoms with Gasteiger partial charge in [-0.2, -0.15) is 13.2 Å². The number of aliphatic carboxylic acids is 1. The van der Waals surface area contributed by atoms with Crippen LogP contribution in [-0.4, -0.2) is 41.0 Å². The number of hydrogen-bond donors (Lipinski definition) is 2. The highest BCUT2D eigenvalue weighted by molar-refractivity contribution is 5.85. The number of likely N-dealkylation sites (tertiary alicyclic amines) is 1. The van der Waals surface area contributed by atoms with Crippen molar-refractivity contribution in [1.82, 2.24) is 10.2 Å². The predicted molar refractivity (Wildman–Crippen MR) is 82.7 cm³/mol. The van der Waals surface area contributed by atoms with E-state index in [0.717, 1.165) is 12.1 Å². The van der Waals surface area contributed by atoms with Crippen LogP contribution in [0.15, 0.2) is 18.2 Å². The Hall–Kier alpha value is -1.87. The van der Waals surface area contributed by atoms with Crippen LogP contribution in [0.25, 0.3) is 0 Å². The summed E-state index contributed by atoms with van der Waals surface area (Å²) >= 11 is 0. The Labute approximate surface area is 147 Å². The van der Waals surface area contributed by atoms with Crippen LogP contribution >= 0.6 is 12.4 Å². The highest BCUT2D eigenvalue weighted by atomic mass is 35.5. The Kier molecular flexibility index (Phi) is 7.18. The van der Waals surface area contributed by atoms with Crippen molar-refractivity contribution in [3.8, 4) is 0 Å². The Morgan fingerprint density at radius 2 is 2.00 bits per heavy atom. The molecule has 1 aliphatic rings. The van der Waals surface area contributed by atoms with Crippen molar-refractivity contribution in [2.75, 3.05) is 13.1 Å². The fourth-order valence-electron chi connectivity index (χ4n) is 2.70. The van der Waals surface area contributed by atoms with Crippen LogP contribution < -0.4 is 5.32 Å². The third kappa shape index (κ3) is 5.57. The fraction of sp³-hybridized carbons (Fsp3) is 0.467. The summed E-state index contributed by atoms with van der Waals surface area (Å²) in [7, 11) is 0. The number of halogens is 5. The average molecular weight is 385 g/mol. The molecule has 0 saturated carbocycles. The number of hydrogen-bond acceptors (Lipinski definition) is 3. The monoisotopic (exact) mass is 384 g/mol. The number of carboxylic acids is 1. The number of nitrogens with one attached hydrogen (secondary N) is 1. The Morgan fingerprint density at radius 3 is 2.60 bits per heavy atom. The summed E-state index contributed by atoms with van der Waals surface area (Å²) in [5.74, 6) is -2.63. The molecular weight excluding hydrogens is 368 g/mol. The molecule has 2 N–H and O–H groups in total. The number of amides is 1. The number of carbonyl (C=O) groups excluding carboxylic acids is 1. The van der Waals surface area contributed by atoms with Gasteiger partial charge in [-0.1, -0.05) is 6.07 Å². The van der Waals surface area contributed by atoms with Gasteiger partial charge in [0.2, 0.25) is 5.91 Å². The molecule has 0 spiro atoms. The summed E-state index contributed by atoms with van der Waals surface area (Å²) in [6, 6.07) is 1.47. The topological polar surface area (TPSA) is 69.6 Å². The molecule has 0 aliphatic carbocycles. The highest BCUT2D eigenvalue weighted by Crippen LogP contribution is 2.32. The van der Waals surface area contributed by atoms with Crippen LogP contribution in [0.1, 0.15) is 24.0 Å².